The van der Waals surface area contributed by atoms with Gasteiger partial charge in [-0.25, -0.2) is 4.39 Å². The molecule has 0 aromatic heterocycles. The van der Waals surface area contributed by atoms with E-state index in [1.165, 1.54) is 6.07 Å². The summed E-state index contributed by atoms with van der Waals surface area (Å²) in [6, 6.07) is 4.96. The Morgan fingerprint density at radius 3 is 2.85 bits per heavy atom. The van der Waals surface area contributed by atoms with Gasteiger partial charge in [-0.15, -0.1) is 0 Å². The Kier molecular flexibility index (Phi) is 5.51. The van der Waals surface area contributed by atoms with Gasteiger partial charge in [0, 0.05) is 32.7 Å². The second-order valence-corrected chi connectivity index (χ2v) is 5.81. The van der Waals surface area contributed by atoms with E-state index in [0.29, 0.717) is 17.6 Å². The summed E-state index contributed by atoms with van der Waals surface area (Å²) in [7, 11) is 1.87. The Bertz CT molecular complexity index is 477. The molecule has 1 heterocycles. The fourth-order valence-electron chi connectivity index (χ4n) is 2.26. The van der Waals surface area contributed by atoms with Crippen molar-refractivity contribution in [3.05, 3.63) is 34.1 Å². The van der Waals surface area contributed by atoms with Crippen LogP contribution in [-0.2, 0) is 11.3 Å². The van der Waals surface area contributed by atoms with Gasteiger partial charge in [0.25, 0.3) is 0 Å². The van der Waals surface area contributed by atoms with Gasteiger partial charge in [-0.1, -0.05) is 12.1 Å². The average molecular weight is 344 g/mol. The first kappa shape index (κ1) is 15.4. The van der Waals surface area contributed by atoms with Gasteiger partial charge in [0.1, 0.15) is 5.82 Å². The third kappa shape index (κ3) is 4.01. The second-order valence-electron chi connectivity index (χ2n) is 5.02. The van der Waals surface area contributed by atoms with E-state index in [1.807, 2.05) is 22.9 Å². The third-order valence-electron chi connectivity index (χ3n) is 3.35. The molecule has 0 bridgehead atoms. The molecule has 1 fully saturated rings. The quantitative estimate of drug-likeness (QED) is 0.898. The summed E-state index contributed by atoms with van der Waals surface area (Å²) in [4.78, 5) is 15.9. The molecule has 4 nitrogen and oxygen atoms in total. The van der Waals surface area contributed by atoms with Crippen LogP contribution in [0.3, 0.4) is 0 Å². The maximum Gasteiger partial charge on any atom is 0.236 e. The van der Waals surface area contributed by atoms with E-state index in [2.05, 4.69) is 21.2 Å². The standard InChI is InChI=1S/C14H19BrFN3O/c1-18(9-11-3-2-4-12(16)14(11)15)10-13(20)19-7-5-17-6-8-19/h2-4,17H,5-10H2,1H3. The van der Waals surface area contributed by atoms with Gasteiger partial charge in [0.05, 0.1) is 11.0 Å². The zero-order valence-corrected chi connectivity index (χ0v) is 13.1. The van der Waals surface area contributed by atoms with Gasteiger partial charge in [-0.05, 0) is 34.6 Å². The molecular weight excluding hydrogens is 325 g/mol. The summed E-state index contributed by atoms with van der Waals surface area (Å²) < 4.78 is 13.9. The minimum atomic E-state index is -0.274. The van der Waals surface area contributed by atoms with E-state index < -0.39 is 0 Å². The molecule has 110 valence electrons. The molecule has 1 saturated heterocycles. The molecule has 6 heteroatoms. The number of amides is 1. The minimum absolute atomic E-state index is 0.126. The number of halogens is 2. The number of hydrogen-bond acceptors (Lipinski definition) is 3. The van der Waals surface area contributed by atoms with Crippen LogP contribution < -0.4 is 5.32 Å². The molecule has 1 N–H and O–H groups in total. The van der Waals surface area contributed by atoms with E-state index in [-0.39, 0.29) is 11.7 Å². The number of nitrogens with one attached hydrogen (secondary N) is 1. The van der Waals surface area contributed by atoms with Crippen LogP contribution in [0.5, 0.6) is 0 Å². The van der Waals surface area contributed by atoms with Crippen LogP contribution in [0.25, 0.3) is 0 Å². The smallest absolute Gasteiger partial charge is 0.236 e. The van der Waals surface area contributed by atoms with Crippen molar-refractivity contribution in [2.45, 2.75) is 6.54 Å². The maximum absolute atomic E-state index is 13.4. The monoisotopic (exact) mass is 343 g/mol. The van der Waals surface area contributed by atoms with Crippen molar-refractivity contribution < 1.29 is 9.18 Å². The number of nitrogens with zero attached hydrogens (tertiary/aromatic N) is 2. The van der Waals surface area contributed by atoms with Gasteiger partial charge >= 0.3 is 0 Å². The van der Waals surface area contributed by atoms with Crippen LogP contribution in [0.4, 0.5) is 4.39 Å². The molecule has 0 saturated carbocycles. The van der Waals surface area contributed by atoms with Gasteiger partial charge in [0.2, 0.25) is 5.91 Å². The summed E-state index contributed by atoms with van der Waals surface area (Å²) >= 11 is 3.25. The van der Waals surface area contributed by atoms with Crippen LogP contribution in [0.2, 0.25) is 0 Å². The highest BCUT2D eigenvalue weighted by Crippen LogP contribution is 2.21. The second kappa shape index (κ2) is 7.15. The van der Waals surface area contributed by atoms with E-state index in [9.17, 15) is 9.18 Å². The SMILES string of the molecule is CN(CC(=O)N1CCNCC1)Cc1cccc(F)c1Br. The van der Waals surface area contributed by atoms with Crippen molar-refractivity contribution in [3.63, 3.8) is 0 Å². The molecular formula is C14H19BrFN3O. The van der Waals surface area contributed by atoms with Crippen molar-refractivity contribution in [2.75, 3.05) is 39.8 Å². The zero-order valence-electron chi connectivity index (χ0n) is 11.5. The lowest BCUT2D eigenvalue weighted by Gasteiger charge is -2.29. The van der Waals surface area contributed by atoms with Crippen LogP contribution in [0.15, 0.2) is 22.7 Å². The lowest BCUT2D eigenvalue weighted by atomic mass is 10.2. The molecule has 20 heavy (non-hydrogen) atoms. The number of rotatable bonds is 4. The fourth-order valence-corrected chi connectivity index (χ4v) is 2.65. The molecule has 1 aromatic carbocycles. The van der Waals surface area contributed by atoms with Crippen molar-refractivity contribution in [2.24, 2.45) is 0 Å². The number of benzene rings is 1. The maximum atomic E-state index is 13.4. The zero-order chi connectivity index (χ0) is 14.5. The highest BCUT2D eigenvalue weighted by molar-refractivity contribution is 9.10. The third-order valence-corrected chi connectivity index (χ3v) is 4.23. The topological polar surface area (TPSA) is 35.6 Å². The molecule has 1 aromatic rings. The first-order valence-electron chi connectivity index (χ1n) is 6.68. The molecule has 2 rings (SSSR count). The summed E-state index contributed by atoms with van der Waals surface area (Å²) in [6.45, 7) is 4.11. The molecule has 0 atom stereocenters. The molecule has 1 amide bonds. The summed E-state index contributed by atoms with van der Waals surface area (Å²) in [5.41, 5.74) is 0.848. The molecule has 1 aliphatic heterocycles. The first-order valence-corrected chi connectivity index (χ1v) is 7.47. The number of hydrogen-bond donors (Lipinski definition) is 1. The van der Waals surface area contributed by atoms with Gasteiger partial charge in [-0.2, -0.15) is 0 Å². The van der Waals surface area contributed by atoms with Gasteiger partial charge < -0.3 is 10.2 Å². The van der Waals surface area contributed by atoms with E-state index in [1.54, 1.807) is 6.07 Å². The Labute approximate surface area is 127 Å². The van der Waals surface area contributed by atoms with Crippen LogP contribution in [-0.4, -0.2) is 55.5 Å². The van der Waals surface area contributed by atoms with Gasteiger partial charge in [0.15, 0.2) is 0 Å². The molecule has 0 radical (unpaired) electrons. The first-order chi connectivity index (χ1) is 9.58. The number of carbonyl (C=O) groups excluding carboxylic acids is 1. The minimum Gasteiger partial charge on any atom is -0.339 e. The predicted molar refractivity (Wildman–Crippen MR) is 79.9 cm³/mol. The van der Waals surface area contributed by atoms with Crippen LogP contribution in [0.1, 0.15) is 5.56 Å². The fraction of sp³-hybridized carbons (Fsp3) is 0.500. The molecule has 1 aliphatic rings. The van der Waals surface area contributed by atoms with Gasteiger partial charge in [-0.3, -0.25) is 9.69 Å². The molecule has 0 aliphatic carbocycles. The van der Waals surface area contributed by atoms with Crippen LogP contribution >= 0.6 is 15.9 Å². The average Bonchev–Trinajstić information content (AvgIpc) is 2.45. The number of piperazine rings is 1. The highest BCUT2D eigenvalue weighted by Gasteiger charge is 2.18. The van der Waals surface area contributed by atoms with E-state index >= 15 is 0 Å². The summed E-state index contributed by atoms with van der Waals surface area (Å²) in [5, 5.41) is 3.22. The van der Waals surface area contributed by atoms with Crippen LogP contribution in [0, 0.1) is 5.82 Å². The Morgan fingerprint density at radius 1 is 1.45 bits per heavy atom. The summed E-state index contributed by atoms with van der Waals surface area (Å²) in [6.07, 6.45) is 0. The summed E-state index contributed by atoms with van der Waals surface area (Å²) in [5.74, 6) is -0.147. The van der Waals surface area contributed by atoms with E-state index in [0.717, 1.165) is 31.7 Å². The number of likely N-dealkylation sites (N-methyl/N-ethyl adjacent to an activating group) is 1. The normalized spacial score (nSPS) is 15.7. The predicted octanol–water partition coefficient (Wildman–Crippen LogP) is 1.45. The van der Waals surface area contributed by atoms with Crippen molar-refractivity contribution in [3.8, 4) is 0 Å². The Balaban J connectivity index is 1.90. The Hall–Kier alpha value is -0.980. The van der Waals surface area contributed by atoms with Crippen molar-refractivity contribution in [1.82, 2.24) is 15.1 Å². The van der Waals surface area contributed by atoms with Crippen molar-refractivity contribution in [1.29, 1.82) is 0 Å². The Morgan fingerprint density at radius 2 is 2.15 bits per heavy atom. The molecule has 0 spiro atoms. The van der Waals surface area contributed by atoms with E-state index in [4.69, 9.17) is 0 Å². The van der Waals surface area contributed by atoms with Crippen molar-refractivity contribution >= 4 is 21.8 Å². The largest absolute Gasteiger partial charge is 0.339 e. The highest BCUT2D eigenvalue weighted by atomic mass is 79.9. The lowest BCUT2D eigenvalue weighted by Crippen LogP contribution is -2.49. The molecule has 0 unspecified atom stereocenters. The lowest BCUT2D eigenvalue weighted by molar-refractivity contribution is -0.132. The number of carbonyl (C=O) groups is 1.